The Morgan fingerprint density at radius 1 is 0.920 bits per heavy atom. The van der Waals surface area contributed by atoms with E-state index in [1.165, 1.54) is 57.8 Å². The third kappa shape index (κ3) is 10.5. The van der Waals surface area contributed by atoms with Crippen LogP contribution in [0.25, 0.3) is 0 Å². The molecule has 4 nitrogen and oxygen atoms in total. The molecule has 25 heavy (non-hydrogen) atoms. The maximum Gasteiger partial charge on any atom is 0.328 e. The highest BCUT2D eigenvalue weighted by molar-refractivity contribution is 5.85. The highest BCUT2D eigenvalue weighted by Gasteiger charge is 2.27. The van der Waals surface area contributed by atoms with Gasteiger partial charge in [0.05, 0.1) is 6.61 Å². The summed E-state index contributed by atoms with van der Waals surface area (Å²) in [4.78, 5) is 23.6. The van der Waals surface area contributed by atoms with Crippen LogP contribution < -0.4 is 5.32 Å². The molecule has 1 amide bonds. The van der Waals surface area contributed by atoms with Gasteiger partial charge < -0.3 is 10.1 Å². The fourth-order valence-corrected chi connectivity index (χ4v) is 3.12. The van der Waals surface area contributed by atoms with Gasteiger partial charge in [-0.1, -0.05) is 77.6 Å². The second-order valence-electron chi connectivity index (χ2n) is 7.56. The average Bonchev–Trinajstić information content (AvgIpc) is 2.53. The Bertz CT molecular complexity index is 366. The summed E-state index contributed by atoms with van der Waals surface area (Å²) in [5.41, 5.74) is 0. The number of nitrogens with one attached hydrogen (secondary N) is 1. The quantitative estimate of drug-likeness (QED) is 0.327. The number of hydrogen-bond acceptors (Lipinski definition) is 3. The van der Waals surface area contributed by atoms with E-state index in [9.17, 15) is 9.59 Å². The number of amides is 1. The second-order valence-corrected chi connectivity index (χ2v) is 7.56. The number of rotatable bonds is 15. The minimum absolute atomic E-state index is 0.00499. The van der Waals surface area contributed by atoms with Gasteiger partial charge in [0.1, 0.15) is 6.04 Å². The van der Waals surface area contributed by atoms with Crippen LogP contribution in [0, 0.1) is 5.92 Å². The molecule has 0 aliphatic heterocycles. The molecule has 0 bridgehead atoms. The molecule has 0 unspecified atom stereocenters. The first kappa shape index (κ1) is 22.0. The predicted molar refractivity (Wildman–Crippen MR) is 102 cm³/mol. The molecule has 0 spiro atoms. The summed E-state index contributed by atoms with van der Waals surface area (Å²) in [6.07, 6.45) is 17.1. The second kappa shape index (κ2) is 14.1. The van der Waals surface area contributed by atoms with Crippen molar-refractivity contribution in [1.82, 2.24) is 5.32 Å². The molecule has 1 N–H and O–H groups in total. The number of esters is 1. The van der Waals surface area contributed by atoms with Gasteiger partial charge in [-0.05, 0) is 26.2 Å². The zero-order valence-electron chi connectivity index (χ0n) is 16.5. The molecule has 0 aromatic rings. The van der Waals surface area contributed by atoms with Gasteiger partial charge in [-0.2, -0.15) is 0 Å². The average molecular weight is 354 g/mol. The summed E-state index contributed by atoms with van der Waals surface area (Å²) >= 11 is 0. The van der Waals surface area contributed by atoms with E-state index in [-0.39, 0.29) is 17.8 Å². The molecule has 1 fully saturated rings. The molecule has 1 aliphatic carbocycles. The molecule has 146 valence electrons. The molecule has 1 aliphatic rings. The molecular formula is C21H39NO3. The van der Waals surface area contributed by atoms with Gasteiger partial charge in [-0.25, -0.2) is 4.79 Å². The lowest BCUT2D eigenvalue weighted by atomic mass is 9.84. The minimum Gasteiger partial charge on any atom is -0.464 e. The van der Waals surface area contributed by atoms with Gasteiger partial charge in [-0.3, -0.25) is 4.79 Å². The van der Waals surface area contributed by atoms with Crippen molar-refractivity contribution in [3.05, 3.63) is 0 Å². The highest BCUT2D eigenvalue weighted by atomic mass is 16.5. The Morgan fingerprint density at radius 3 is 1.92 bits per heavy atom. The van der Waals surface area contributed by atoms with Gasteiger partial charge in [0, 0.05) is 5.92 Å². The maximum atomic E-state index is 11.9. The van der Waals surface area contributed by atoms with Crippen molar-refractivity contribution in [2.75, 3.05) is 6.61 Å². The molecule has 1 rings (SSSR count). The van der Waals surface area contributed by atoms with Crippen LogP contribution in [0.4, 0.5) is 0 Å². The van der Waals surface area contributed by atoms with Crippen molar-refractivity contribution < 1.29 is 14.3 Å². The molecule has 4 heteroatoms. The van der Waals surface area contributed by atoms with Gasteiger partial charge in [0.15, 0.2) is 0 Å². The SMILES string of the molecule is CCCCCCCCCCCCCOC(=O)[C@H](C)NC(=O)C1CCC1. The van der Waals surface area contributed by atoms with Crippen LogP contribution in [0.15, 0.2) is 0 Å². The van der Waals surface area contributed by atoms with Crippen molar-refractivity contribution in [2.45, 2.75) is 110 Å². The van der Waals surface area contributed by atoms with Crippen LogP contribution in [0.1, 0.15) is 104 Å². The molecule has 0 aromatic carbocycles. The van der Waals surface area contributed by atoms with Crippen molar-refractivity contribution in [3.63, 3.8) is 0 Å². The number of hydrogen-bond donors (Lipinski definition) is 1. The first-order chi connectivity index (χ1) is 12.1. The fraction of sp³-hybridized carbons (Fsp3) is 0.905. The van der Waals surface area contributed by atoms with Gasteiger partial charge >= 0.3 is 5.97 Å². The Hall–Kier alpha value is -1.06. The zero-order chi connectivity index (χ0) is 18.3. The normalized spacial score (nSPS) is 15.4. The minimum atomic E-state index is -0.527. The van der Waals surface area contributed by atoms with Gasteiger partial charge in [0.25, 0.3) is 0 Å². The van der Waals surface area contributed by atoms with E-state index in [2.05, 4.69) is 12.2 Å². The first-order valence-corrected chi connectivity index (χ1v) is 10.6. The van der Waals surface area contributed by atoms with Crippen LogP contribution >= 0.6 is 0 Å². The lowest BCUT2D eigenvalue weighted by molar-refractivity contribution is -0.148. The highest BCUT2D eigenvalue weighted by Crippen LogP contribution is 2.26. The summed E-state index contributed by atoms with van der Waals surface area (Å²) < 4.78 is 5.27. The molecule has 1 saturated carbocycles. The third-order valence-corrected chi connectivity index (χ3v) is 5.18. The molecule has 0 radical (unpaired) electrons. The van der Waals surface area contributed by atoms with E-state index in [0.717, 1.165) is 32.1 Å². The van der Waals surface area contributed by atoms with E-state index in [0.29, 0.717) is 6.61 Å². The lowest BCUT2D eigenvalue weighted by Crippen LogP contribution is -2.44. The van der Waals surface area contributed by atoms with Crippen LogP contribution in [0.2, 0.25) is 0 Å². The molecule has 0 saturated heterocycles. The smallest absolute Gasteiger partial charge is 0.328 e. The van der Waals surface area contributed by atoms with Crippen molar-refractivity contribution in [3.8, 4) is 0 Å². The Balaban J connectivity index is 1.86. The van der Waals surface area contributed by atoms with Crippen LogP contribution in [0.5, 0.6) is 0 Å². The van der Waals surface area contributed by atoms with Crippen molar-refractivity contribution >= 4 is 11.9 Å². The maximum absolute atomic E-state index is 11.9. The lowest BCUT2D eigenvalue weighted by Gasteiger charge is -2.25. The summed E-state index contributed by atoms with van der Waals surface area (Å²) in [5, 5.41) is 2.76. The summed E-state index contributed by atoms with van der Waals surface area (Å²) in [5.74, 6) is -0.188. The summed E-state index contributed by atoms with van der Waals surface area (Å²) in [6, 6.07) is -0.527. The van der Waals surface area contributed by atoms with E-state index in [1.807, 2.05) is 0 Å². The standard InChI is InChI=1S/C21H39NO3/c1-3-4-5-6-7-8-9-10-11-12-13-17-25-21(24)18(2)22-20(23)19-15-14-16-19/h18-19H,3-17H2,1-2H3,(H,22,23)/t18-/m0/s1. The summed E-state index contributed by atoms with van der Waals surface area (Å²) in [6.45, 7) is 4.43. The van der Waals surface area contributed by atoms with Crippen LogP contribution in [0.3, 0.4) is 0 Å². The Labute approximate surface area is 154 Å². The van der Waals surface area contributed by atoms with E-state index < -0.39 is 6.04 Å². The Kier molecular flexibility index (Phi) is 12.4. The van der Waals surface area contributed by atoms with E-state index in [1.54, 1.807) is 6.92 Å². The molecular weight excluding hydrogens is 314 g/mol. The topological polar surface area (TPSA) is 55.4 Å². The number of unbranched alkanes of at least 4 members (excludes halogenated alkanes) is 10. The van der Waals surface area contributed by atoms with Crippen molar-refractivity contribution in [1.29, 1.82) is 0 Å². The van der Waals surface area contributed by atoms with E-state index >= 15 is 0 Å². The first-order valence-electron chi connectivity index (χ1n) is 10.6. The number of carbonyl (C=O) groups is 2. The van der Waals surface area contributed by atoms with E-state index in [4.69, 9.17) is 4.74 Å². The zero-order valence-corrected chi connectivity index (χ0v) is 16.5. The van der Waals surface area contributed by atoms with Crippen molar-refractivity contribution in [2.24, 2.45) is 5.92 Å². The van der Waals surface area contributed by atoms with Crippen LogP contribution in [-0.2, 0) is 14.3 Å². The third-order valence-electron chi connectivity index (χ3n) is 5.18. The molecule has 0 aromatic heterocycles. The Morgan fingerprint density at radius 2 is 1.44 bits per heavy atom. The summed E-state index contributed by atoms with van der Waals surface area (Å²) in [7, 11) is 0. The largest absolute Gasteiger partial charge is 0.464 e. The monoisotopic (exact) mass is 353 g/mol. The van der Waals surface area contributed by atoms with Crippen LogP contribution in [-0.4, -0.2) is 24.5 Å². The van der Waals surface area contributed by atoms with Gasteiger partial charge in [0.2, 0.25) is 5.91 Å². The number of ether oxygens (including phenoxy) is 1. The number of carbonyl (C=O) groups excluding carboxylic acids is 2. The van der Waals surface area contributed by atoms with Gasteiger partial charge in [-0.15, -0.1) is 0 Å². The molecule has 0 heterocycles. The molecule has 1 atom stereocenters. The fourth-order valence-electron chi connectivity index (χ4n) is 3.12. The predicted octanol–water partition coefficient (Wildman–Crippen LogP) is 5.15.